The number of thiocarbonyl (C=S) groups is 1. The Hall–Kier alpha value is -1.13. The number of aliphatic hydroxyl groups is 1. The number of rotatable bonds is 4. The van der Waals surface area contributed by atoms with Gasteiger partial charge in [0.25, 0.3) is 0 Å². The van der Waals surface area contributed by atoms with Crippen LogP contribution in [0.2, 0.25) is 0 Å². The van der Waals surface area contributed by atoms with E-state index in [-0.39, 0.29) is 12.1 Å². The van der Waals surface area contributed by atoms with Crippen LogP contribution in [-0.4, -0.2) is 29.3 Å². The van der Waals surface area contributed by atoms with Gasteiger partial charge < -0.3 is 15.7 Å². The van der Waals surface area contributed by atoms with E-state index >= 15 is 0 Å². The molecule has 0 aliphatic carbocycles. The van der Waals surface area contributed by atoms with Crippen LogP contribution < -0.4 is 10.6 Å². The number of likely N-dealkylation sites (N-methyl/N-ethyl adjacent to an activating group) is 1. The molecule has 94 valence electrons. The lowest BCUT2D eigenvalue weighted by Crippen LogP contribution is -2.45. The van der Waals surface area contributed by atoms with Crippen molar-refractivity contribution in [3.05, 3.63) is 29.3 Å². The molecule has 0 saturated carbocycles. The Morgan fingerprint density at radius 1 is 1.47 bits per heavy atom. The molecular formula is C13H20N2OS. The minimum absolute atomic E-state index is 0.0637. The van der Waals surface area contributed by atoms with Crippen LogP contribution in [-0.2, 0) is 0 Å². The van der Waals surface area contributed by atoms with Gasteiger partial charge in [-0.15, -0.1) is 0 Å². The van der Waals surface area contributed by atoms with E-state index in [4.69, 9.17) is 18.0 Å². The molecule has 3 N–H and O–H groups in total. The summed E-state index contributed by atoms with van der Waals surface area (Å²) in [5, 5.41) is 9.42. The van der Waals surface area contributed by atoms with E-state index in [1.807, 2.05) is 50.9 Å². The van der Waals surface area contributed by atoms with Gasteiger partial charge >= 0.3 is 0 Å². The van der Waals surface area contributed by atoms with E-state index in [0.29, 0.717) is 4.99 Å². The number of anilines is 1. The van der Waals surface area contributed by atoms with Gasteiger partial charge in [-0.1, -0.05) is 18.3 Å². The zero-order valence-electron chi connectivity index (χ0n) is 10.8. The first kappa shape index (κ1) is 13.9. The summed E-state index contributed by atoms with van der Waals surface area (Å²) in [6, 6.07) is 5.95. The Kier molecular flexibility index (Phi) is 4.11. The molecule has 0 aromatic heterocycles. The Labute approximate surface area is 108 Å². The number of hydrogen-bond acceptors (Lipinski definition) is 3. The lowest BCUT2D eigenvalue weighted by Gasteiger charge is -2.37. The molecule has 0 aliphatic heterocycles. The predicted molar refractivity (Wildman–Crippen MR) is 76.6 cm³/mol. The Morgan fingerprint density at radius 2 is 2.06 bits per heavy atom. The largest absolute Gasteiger partial charge is 0.394 e. The van der Waals surface area contributed by atoms with E-state index in [0.717, 1.165) is 16.8 Å². The molecule has 3 nitrogen and oxygen atoms in total. The standard InChI is InChI=1S/C13H20N2OS/c1-9-5-6-10(12(14)17)11(7-9)15(4)13(2,3)8-16/h5-7,16H,8H2,1-4H3,(H2,14,17). The van der Waals surface area contributed by atoms with Crippen molar-refractivity contribution >= 4 is 22.9 Å². The van der Waals surface area contributed by atoms with Gasteiger partial charge in [0, 0.05) is 18.3 Å². The van der Waals surface area contributed by atoms with Crippen molar-refractivity contribution in [2.45, 2.75) is 26.3 Å². The van der Waals surface area contributed by atoms with Crippen molar-refractivity contribution in [1.29, 1.82) is 0 Å². The lowest BCUT2D eigenvalue weighted by molar-refractivity contribution is 0.216. The minimum Gasteiger partial charge on any atom is -0.394 e. The quantitative estimate of drug-likeness (QED) is 0.803. The molecule has 4 heteroatoms. The third-order valence-electron chi connectivity index (χ3n) is 3.07. The zero-order valence-corrected chi connectivity index (χ0v) is 11.6. The summed E-state index contributed by atoms with van der Waals surface area (Å²) >= 11 is 5.06. The predicted octanol–water partition coefficient (Wildman–Crippen LogP) is 1.84. The molecule has 0 unspecified atom stereocenters. The second-order valence-corrected chi connectivity index (χ2v) is 5.35. The lowest BCUT2D eigenvalue weighted by atomic mass is 10.0. The summed E-state index contributed by atoms with van der Waals surface area (Å²) in [6.45, 7) is 6.03. The van der Waals surface area contributed by atoms with Crippen molar-refractivity contribution in [1.82, 2.24) is 0 Å². The zero-order chi connectivity index (χ0) is 13.2. The van der Waals surface area contributed by atoms with Gasteiger partial charge in [0.2, 0.25) is 0 Å². The number of hydrogen-bond donors (Lipinski definition) is 2. The summed E-state index contributed by atoms with van der Waals surface area (Å²) in [5.41, 5.74) is 8.31. The molecule has 0 aliphatic rings. The smallest absolute Gasteiger partial charge is 0.106 e. The molecule has 0 spiro atoms. The van der Waals surface area contributed by atoms with Gasteiger partial charge in [-0.3, -0.25) is 0 Å². The molecule has 0 atom stereocenters. The number of aliphatic hydroxyl groups excluding tert-OH is 1. The highest BCUT2D eigenvalue weighted by Crippen LogP contribution is 2.27. The molecule has 1 aromatic carbocycles. The van der Waals surface area contributed by atoms with Gasteiger partial charge in [0.1, 0.15) is 4.99 Å². The average Bonchev–Trinajstić information content (AvgIpc) is 2.27. The van der Waals surface area contributed by atoms with Gasteiger partial charge in [0.05, 0.1) is 12.1 Å². The Balaban J connectivity index is 3.29. The summed E-state index contributed by atoms with van der Waals surface area (Å²) in [5.74, 6) is 0. The molecular weight excluding hydrogens is 232 g/mol. The van der Waals surface area contributed by atoms with Crippen molar-refractivity contribution in [3.63, 3.8) is 0 Å². The first-order valence-electron chi connectivity index (χ1n) is 5.55. The molecule has 0 amide bonds. The summed E-state index contributed by atoms with van der Waals surface area (Å²) in [7, 11) is 1.94. The van der Waals surface area contributed by atoms with Crippen LogP contribution in [0.3, 0.4) is 0 Å². The first-order chi connectivity index (χ1) is 7.79. The van der Waals surface area contributed by atoms with Crippen LogP contribution in [0.25, 0.3) is 0 Å². The first-order valence-corrected chi connectivity index (χ1v) is 5.95. The van der Waals surface area contributed by atoms with E-state index < -0.39 is 0 Å². The van der Waals surface area contributed by atoms with Crippen LogP contribution in [0.15, 0.2) is 18.2 Å². The summed E-state index contributed by atoms with van der Waals surface area (Å²) in [6.07, 6.45) is 0. The maximum absolute atomic E-state index is 9.42. The minimum atomic E-state index is -0.354. The Morgan fingerprint density at radius 3 is 2.53 bits per heavy atom. The van der Waals surface area contributed by atoms with Gasteiger partial charge in [-0.25, -0.2) is 0 Å². The van der Waals surface area contributed by atoms with Crippen LogP contribution >= 0.6 is 12.2 Å². The summed E-state index contributed by atoms with van der Waals surface area (Å²) < 4.78 is 0. The maximum atomic E-state index is 9.42. The number of nitrogens with zero attached hydrogens (tertiary/aromatic N) is 1. The van der Waals surface area contributed by atoms with Crippen LogP contribution in [0, 0.1) is 6.92 Å². The van der Waals surface area contributed by atoms with Crippen molar-refractivity contribution in [2.24, 2.45) is 5.73 Å². The molecule has 0 radical (unpaired) electrons. The fraction of sp³-hybridized carbons (Fsp3) is 0.462. The number of aryl methyl sites for hydroxylation is 1. The fourth-order valence-electron chi connectivity index (χ4n) is 1.56. The maximum Gasteiger partial charge on any atom is 0.106 e. The van der Waals surface area contributed by atoms with Crippen molar-refractivity contribution < 1.29 is 5.11 Å². The fourth-order valence-corrected chi connectivity index (χ4v) is 1.73. The van der Waals surface area contributed by atoms with Crippen LogP contribution in [0.4, 0.5) is 5.69 Å². The average molecular weight is 252 g/mol. The number of benzene rings is 1. The van der Waals surface area contributed by atoms with Crippen LogP contribution in [0.5, 0.6) is 0 Å². The van der Waals surface area contributed by atoms with Gasteiger partial charge in [0.15, 0.2) is 0 Å². The molecule has 0 fully saturated rings. The van der Waals surface area contributed by atoms with E-state index in [2.05, 4.69) is 0 Å². The second-order valence-electron chi connectivity index (χ2n) is 4.91. The van der Waals surface area contributed by atoms with Crippen molar-refractivity contribution in [3.8, 4) is 0 Å². The van der Waals surface area contributed by atoms with E-state index in [1.165, 1.54) is 0 Å². The summed E-state index contributed by atoms with van der Waals surface area (Å²) in [4.78, 5) is 2.38. The molecule has 1 rings (SSSR count). The third kappa shape index (κ3) is 2.96. The topological polar surface area (TPSA) is 49.5 Å². The highest BCUT2D eigenvalue weighted by Gasteiger charge is 2.25. The van der Waals surface area contributed by atoms with Gasteiger partial charge in [-0.05, 0) is 38.5 Å². The van der Waals surface area contributed by atoms with Crippen LogP contribution in [0.1, 0.15) is 25.0 Å². The molecule has 1 aromatic rings. The third-order valence-corrected chi connectivity index (χ3v) is 3.29. The second kappa shape index (κ2) is 5.02. The highest BCUT2D eigenvalue weighted by atomic mass is 32.1. The SMILES string of the molecule is Cc1ccc(C(N)=S)c(N(C)C(C)(C)CO)c1. The Bertz CT molecular complexity index is 429. The molecule has 0 heterocycles. The normalized spacial score (nSPS) is 11.4. The van der Waals surface area contributed by atoms with E-state index in [1.54, 1.807) is 0 Å². The van der Waals surface area contributed by atoms with Crippen molar-refractivity contribution in [2.75, 3.05) is 18.6 Å². The van der Waals surface area contributed by atoms with Gasteiger partial charge in [-0.2, -0.15) is 0 Å². The molecule has 0 bridgehead atoms. The highest BCUT2D eigenvalue weighted by molar-refractivity contribution is 7.80. The molecule has 0 saturated heterocycles. The molecule has 17 heavy (non-hydrogen) atoms. The number of nitrogens with two attached hydrogens (primary N) is 1. The van der Waals surface area contributed by atoms with E-state index in [9.17, 15) is 5.11 Å². The monoisotopic (exact) mass is 252 g/mol.